The Hall–Kier alpha value is 1.57. The maximum Gasteiger partial charge on any atom is 2.00 e. The largest absolute Gasteiger partial charge is 2.00 e. The summed E-state index contributed by atoms with van der Waals surface area (Å²) < 4.78 is 11.6. The quantitative estimate of drug-likeness (QED) is 0.0951. The summed E-state index contributed by atoms with van der Waals surface area (Å²) in [5, 5.41) is 7.81. The van der Waals surface area contributed by atoms with Crippen LogP contribution in [0.4, 0.5) is 0 Å². The Morgan fingerprint density at radius 1 is 0.551 bits per heavy atom. The molecule has 0 aliphatic heterocycles. The molecule has 302 valence electrons. The van der Waals surface area contributed by atoms with E-state index in [9.17, 15) is 0 Å². The van der Waals surface area contributed by atoms with Crippen molar-refractivity contribution < 1.29 is 69.8 Å². The number of hydrogen-bond donors (Lipinski definition) is 1. The predicted octanol–water partition coefficient (Wildman–Crippen LogP) is 12.4. The second kappa shape index (κ2) is 61.6. The zero-order valence-electron chi connectivity index (χ0n) is 34.0. The van der Waals surface area contributed by atoms with E-state index in [1.807, 2.05) is 13.8 Å². The van der Waals surface area contributed by atoms with Crippen LogP contribution in [0.15, 0.2) is 0 Å². The van der Waals surface area contributed by atoms with Gasteiger partial charge < -0.3 is 62.5 Å². The van der Waals surface area contributed by atoms with Crippen molar-refractivity contribution in [1.82, 2.24) is 4.90 Å². The molecule has 0 radical (unpaired) electrons. The third kappa shape index (κ3) is 51.7. The SMILES string of the molecule is C1CCCC1.C1CCCC1.CC.[CH2-]C.[CH2-]CCO.[CH2-]CN(CCOCCCC1CCCC1)CCOCCCC1CCCC1.[CH3-].[CH3-].[CH3-].[Fe+2].[Fe+2].[W+2]. The summed E-state index contributed by atoms with van der Waals surface area (Å²) in [6, 6.07) is 0. The molecule has 0 saturated heterocycles. The minimum absolute atomic E-state index is 0. The van der Waals surface area contributed by atoms with Crippen molar-refractivity contribution >= 4 is 0 Å². The first-order valence-electron chi connectivity index (χ1n) is 19.1. The van der Waals surface area contributed by atoms with E-state index in [4.69, 9.17) is 14.6 Å². The average molecular weight is 952 g/mol. The molecular formula is C42H89Fe2NO3W. The molecule has 1 N–H and O–H groups in total. The molecule has 4 rings (SSSR count). The van der Waals surface area contributed by atoms with Crippen molar-refractivity contribution in [2.24, 2.45) is 11.8 Å². The van der Waals surface area contributed by atoms with Crippen LogP contribution in [0.2, 0.25) is 0 Å². The standard InChI is InChI=1S/C22H42NO2.2C5H10.C3H7O.C2H6.C2H5.3CH3.2Fe.W/c1-2-23(15-19-24-17-7-13-21-9-3-4-10-21)16-20-25-18-8-14-22-11-5-6-12-22;2*1-2-4-5-3-1;1-2-3-4;2*1-2;;;;;;/h21-22H,1-20H2;2*1-5H2;4H,1-3H2;1-2H3;1H2,2H3;3*1H3;;;/q-1;;;-1;;4*-1;3*+2. The van der Waals surface area contributed by atoms with Crippen molar-refractivity contribution in [3.63, 3.8) is 0 Å². The summed E-state index contributed by atoms with van der Waals surface area (Å²) in [6.07, 6.45) is 32.5. The Kier molecular flexibility index (Phi) is 86.2. The van der Waals surface area contributed by atoms with Gasteiger partial charge in [0.1, 0.15) is 0 Å². The van der Waals surface area contributed by atoms with Gasteiger partial charge in [-0.1, -0.05) is 129 Å². The minimum atomic E-state index is 0. The van der Waals surface area contributed by atoms with Gasteiger partial charge >= 0.3 is 55.2 Å². The van der Waals surface area contributed by atoms with Gasteiger partial charge in [0.2, 0.25) is 0 Å². The van der Waals surface area contributed by atoms with Crippen LogP contribution < -0.4 is 0 Å². The summed E-state index contributed by atoms with van der Waals surface area (Å²) >= 11 is 0. The monoisotopic (exact) mass is 952 g/mol. The van der Waals surface area contributed by atoms with Crippen LogP contribution in [0.1, 0.15) is 168 Å². The van der Waals surface area contributed by atoms with Gasteiger partial charge in [0, 0.05) is 32.9 Å². The van der Waals surface area contributed by atoms with Crippen LogP contribution >= 0.6 is 0 Å². The van der Waals surface area contributed by atoms with Gasteiger partial charge in [-0.05, 0) is 37.5 Å². The number of aliphatic hydroxyl groups is 1. The van der Waals surface area contributed by atoms with Gasteiger partial charge in [0.05, 0.1) is 13.2 Å². The molecule has 0 amide bonds. The number of aliphatic hydroxyl groups excluding tert-OH is 1. The molecule has 0 aromatic carbocycles. The Morgan fingerprint density at radius 2 is 0.816 bits per heavy atom. The number of rotatable bonds is 16. The maximum absolute atomic E-state index is 7.81. The third-order valence-electron chi connectivity index (χ3n) is 8.83. The minimum Gasteiger partial charge on any atom is -0.399 e. The summed E-state index contributed by atoms with van der Waals surface area (Å²) in [6.45, 7) is 22.9. The van der Waals surface area contributed by atoms with Crippen molar-refractivity contribution in [2.75, 3.05) is 52.7 Å². The van der Waals surface area contributed by atoms with E-state index in [0.717, 1.165) is 57.9 Å². The fourth-order valence-electron chi connectivity index (χ4n) is 6.24. The molecule has 4 saturated carbocycles. The molecule has 0 heterocycles. The summed E-state index contributed by atoms with van der Waals surface area (Å²) in [5.41, 5.74) is 0. The zero-order chi connectivity index (χ0) is 32.1. The van der Waals surface area contributed by atoms with E-state index >= 15 is 0 Å². The topological polar surface area (TPSA) is 41.9 Å². The normalized spacial score (nSPS) is 15.7. The molecular weight excluding hydrogens is 862 g/mol. The molecule has 49 heavy (non-hydrogen) atoms. The van der Waals surface area contributed by atoms with Crippen molar-refractivity contribution in [3.05, 3.63) is 43.1 Å². The molecule has 7 heteroatoms. The first kappa shape index (κ1) is 68.6. The first-order chi connectivity index (χ1) is 21.3. The Morgan fingerprint density at radius 3 is 1.04 bits per heavy atom. The Labute approximate surface area is 348 Å². The summed E-state index contributed by atoms with van der Waals surface area (Å²) in [4.78, 5) is 2.34. The number of nitrogens with zero attached hydrogens (tertiary/aromatic N) is 1. The van der Waals surface area contributed by atoms with Gasteiger partial charge in [0.25, 0.3) is 0 Å². The smallest absolute Gasteiger partial charge is 0.399 e. The second-order valence-corrected chi connectivity index (χ2v) is 12.3. The zero-order valence-corrected chi connectivity index (χ0v) is 39.2. The summed E-state index contributed by atoms with van der Waals surface area (Å²) in [5.74, 6) is 1.98. The molecule has 0 bridgehead atoms. The fraction of sp³-hybridized carbons (Fsp3) is 0.857. The van der Waals surface area contributed by atoms with Crippen LogP contribution in [0.3, 0.4) is 0 Å². The van der Waals surface area contributed by atoms with Crippen LogP contribution in [0.25, 0.3) is 0 Å². The van der Waals surface area contributed by atoms with E-state index in [2.05, 4.69) is 25.7 Å². The van der Waals surface area contributed by atoms with Gasteiger partial charge in [-0.3, -0.25) is 0 Å². The second-order valence-electron chi connectivity index (χ2n) is 12.3. The molecule has 4 aliphatic rings. The molecule has 4 nitrogen and oxygen atoms in total. The van der Waals surface area contributed by atoms with Crippen LogP contribution in [-0.4, -0.2) is 62.7 Å². The van der Waals surface area contributed by atoms with E-state index < -0.39 is 0 Å². The molecule has 4 fully saturated rings. The molecule has 0 unspecified atom stereocenters. The van der Waals surface area contributed by atoms with Gasteiger partial charge in [-0.2, -0.15) is 13.3 Å². The van der Waals surface area contributed by atoms with Gasteiger partial charge in [0.15, 0.2) is 0 Å². The first-order valence-corrected chi connectivity index (χ1v) is 19.1. The van der Waals surface area contributed by atoms with E-state index in [1.54, 1.807) is 6.92 Å². The maximum atomic E-state index is 7.81. The third-order valence-corrected chi connectivity index (χ3v) is 8.83. The Balaban J connectivity index is -0.0000000970. The van der Waals surface area contributed by atoms with E-state index in [-0.39, 0.29) is 84.1 Å². The molecule has 0 aromatic heterocycles. The van der Waals surface area contributed by atoms with E-state index in [0.29, 0.717) is 6.42 Å². The van der Waals surface area contributed by atoms with Gasteiger partial charge in [-0.25, -0.2) is 0 Å². The van der Waals surface area contributed by atoms with Crippen molar-refractivity contribution in [3.8, 4) is 0 Å². The molecule has 4 aliphatic carbocycles. The van der Waals surface area contributed by atoms with Crippen molar-refractivity contribution in [1.29, 1.82) is 0 Å². The van der Waals surface area contributed by atoms with Crippen LogP contribution in [-0.2, 0) is 64.7 Å². The van der Waals surface area contributed by atoms with Crippen LogP contribution in [0, 0.1) is 54.9 Å². The molecule has 0 spiro atoms. The van der Waals surface area contributed by atoms with Crippen molar-refractivity contribution in [2.45, 2.75) is 168 Å². The van der Waals surface area contributed by atoms with Gasteiger partial charge in [-0.15, -0.1) is 6.54 Å². The molecule has 0 atom stereocenters. The number of ether oxygens (including phenoxy) is 2. The van der Waals surface area contributed by atoms with Crippen LogP contribution in [0.5, 0.6) is 0 Å². The predicted molar refractivity (Wildman–Crippen MR) is 211 cm³/mol. The fourth-order valence-corrected chi connectivity index (χ4v) is 6.24. The molecule has 0 aromatic rings. The van der Waals surface area contributed by atoms with E-state index in [1.165, 1.54) is 141 Å². The number of hydrogen-bond acceptors (Lipinski definition) is 4. The average Bonchev–Trinajstić information content (AvgIpc) is 3.91. The summed E-state index contributed by atoms with van der Waals surface area (Å²) in [7, 11) is 0. The Bertz CT molecular complexity index is 420.